The molecule has 4 nitrogen and oxygen atoms in total. The highest BCUT2D eigenvalue weighted by atomic mass is 79.9. The molecule has 1 rings (SSSR count). The molecule has 1 aliphatic rings. The zero-order chi connectivity index (χ0) is 9.90. The van der Waals surface area contributed by atoms with Crippen LogP contribution in [-0.4, -0.2) is 37.2 Å². The molecule has 6 heteroatoms. The number of rotatable bonds is 4. The quantitative estimate of drug-likeness (QED) is 0.765. The number of nitrogens with one attached hydrogen (secondary N) is 1. The second-order valence-electron chi connectivity index (χ2n) is 3.28. The molecule has 13 heavy (non-hydrogen) atoms. The number of hydrogen-bond acceptors (Lipinski definition) is 2. The summed E-state index contributed by atoms with van der Waals surface area (Å²) in [6.07, 6.45) is 1.95. The van der Waals surface area contributed by atoms with Crippen molar-refractivity contribution < 1.29 is 8.42 Å². The summed E-state index contributed by atoms with van der Waals surface area (Å²) in [5, 5.41) is 0.639. The average Bonchev–Trinajstić information content (AvgIpc) is 2.55. The van der Waals surface area contributed by atoms with Gasteiger partial charge in [0.2, 0.25) is 0 Å². The van der Waals surface area contributed by atoms with Gasteiger partial charge in [0, 0.05) is 24.5 Å². The van der Waals surface area contributed by atoms with E-state index in [9.17, 15) is 8.42 Å². The van der Waals surface area contributed by atoms with E-state index >= 15 is 0 Å². The van der Waals surface area contributed by atoms with Gasteiger partial charge in [-0.3, -0.25) is 0 Å². The fraction of sp³-hybridized carbons (Fsp3) is 1.00. The normalized spacial score (nSPS) is 22.0. The summed E-state index contributed by atoms with van der Waals surface area (Å²) >= 11 is 3.23. The zero-order valence-corrected chi connectivity index (χ0v) is 10.1. The highest BCUT2D eigenvalue weighted by molar-refractivity contribution is 9.09. The van der Waals surface area contributed by atoms with Crippen molar-refractivity contribution in [3.05, 3.63) is 0 Å². The largest absolute Gasteiger partial charge is 0.279 e. The zero-order valence-electron chi connectivity index (χ0n) is 7.66. The topological polar surface area (TPSA) is 49.4 Å². The van der Waals surface area contributed by atoms with E-state index in [0.29, 0.717) is 18.4 Å². The van der Waals surface area contributed by atoms with Crippen LogP contribution in [0, 0.1) is 0 Å². The van der Waals surface area contributed by atoms with Gasteiger partial charge in [0.1, 0.15) is 0 Å². The summed E-state index contributed by atoms with van der Waals surface area (Å²) in [7, 11) is -3.22. The van der Waals surface area contributed by atoms with Crippen molar-refractivity contribution in [2.24, 2.45) is 0 Å². The summed E-state index contributed by atoms with van der Waals surface area (Å²) < 4.78 is 27.3. The Labute approximate surface area is 88.0 Å². The SMILES string of the molecule is CC(CBr)NS(=O)(=O)N1CCCC1. The van der Waals surface area contributed by atoms with E-state index in [4.69, 9.17) is 0 Å². The molecule has 1 N–H and O–H groups in total. The molecule has 0 aromatic rings. The van der Waals surface area contributed by atoms with E-state index in [1.54, 1.807) is 0 Å². The standard InChI is InChI=1S/C7H15BrN2O2S/c1-7(6-8)9-13(11,12)10-4-2-3-5-10/h7,9H,2-6H2,1H3. The lowest BCUT2D eigenvalue weighted by Gasteiger charge is -2.18. The Morgan fingerprint density at radius 2 is 2.00 bits per heavy atom. The summed E-state index contributed by atoms with van der Waals surface area (Å²) in [6, 6.07) is -0.0504. The van der Waals surface area contributed by atoms with E-state index in [2.05, 4.69) is 20.7 Å². The summed E-state index contributed by atoms with van der Waals surface area (Å²) in [5.41, 5.74) is 0. The van der Waals surface area contributed by atoms with Gasteiger partial charge in [-0.05, 0) is 19.8 Å². The van der Waals surface area contributed by atoms with Crippen molar-refractivity contribution in [1.29, 1.82) is 0 Å². The van der Waals surface area contributed by atoms with Gasteiger partial charge in [0.25, 0.3) is 10.2 Å². The summed E-state index contributed by atoms with van der Waals surface area (Å²) in [4.78, 5) is 0. The van der Waals surface area contributed by atoms with Crippen LogP contribution < -0.4 is 4.72 Å². The van der Waals surface area contributed by atoms with Crippen LogP contribution in [0.25, 0.3) is 0 Å². The molecular weight excluding hydrogens is 256 g/mol. The smallest absolute Gasteiger partial charge is 0.198 e. The molecule has 0 saturated carbocycles. The van der Waals surface area contributed by atoms with Crippen LogP contribution >= 0.6 is 15.9 Å². The molecule has 0 bridgehead atoms. The lowest BCUT2D eigenvalue weighted by atomic mass is 10.4. The van der Waals surface area contributed by atoms with Gasteiger partial charge in [-0.1, -0.05) is 15.9 Å². The molecule has 1 heterocycles. The predicted molar refractivity (Wildman–Crippen MR) is 56.1 cm³/mol. The van der Waals surface area contributed by atoms with Crippen molar-refractivity contribution in [2.45, 2.75) is 25.8 Å². The van der Waals surface area contributed by atoms with Crippen molar-refractivity contribution in [3.63, 3.8) is 0 Å². The first-order valence-electron chi connectivity index (χ1n) is 4.39. The monoisotopic (exact) mass is 270 g/mol. The molecule has 1 fully saturated rings. The third-order valence-electron chi connectivity index (χ3n) is 1.99. The molecule has 0 radical (unpaired) electrons. The van der Waals surface area contributed by atoms with Crippen molar-refractivity contribution >= 4 is 26.1 Å². The first kappa shape index (κ1) is 11.4. The number of alkyl halides is 1. The Morgan fingerprint density at radius 1 is 1.46 bits per heavy atom. The maximum absolute atomic E-state index is 11.6. The minimum absolute atomic E-state index is 0.0504. The first-order valence-corrected chi connectivity index (χ1v) is 6.96. The van der Waals surface area contributed by atoms with Crippen molar-refractivity contribution in [3.8, 4) is 0 Å². The van der Waals surface area contributed by atoms with Gasteiger partial charge in [-0.15, -0.1) is 0 Å². The predicted octanol–water partition coefficient (Wildman–Crippen LogP) is 0.700. The fourth-order valence-corrected chi connectivity index (χ4v) is 3.14. The molecule has 1 atom stereocenters. The van der Waals surface area contributed by atoms with Crippen LogP contribution in [0.5, 0.6) is 0 Å². The molecule has 0 aliphatic carbocycles. The van der Waals surface area contributed by atoms with Gasteiger partial charge in [-0.2, -0.15) is 17.4 Å². The lowest BCUT2D eigenvalue weighted by molar-refractivity contribution is 0.459. The maximum Gasteiger partial charge on any atom is 0.279 e. The van der Waals surface area contributed by atoms with Crippen LogP contribution in [0.2, 0.25) is 0 Å². The average molecular weight is 271 g/mol. The number of halogens is 1. The highest BCUT2D eigenvalue weighted by Gasteiger charge is 2.25. The lowest BCUT2D eigenvalue weighted by Crippen LogP contribution is -2.43. The Balaban J connectivity index is 2.54. The number of nitrogens with zero attached hydrogens (tertiary/aromatic N) is 1. The highest BCUT2D eigenvalue weighted by Crippen LogP contribution is 2.11. The second-order valence-corrected chi connectivity index (χ2v) is 5.63. The Kier molecular flexibility index (Phi) is 4.15. The van der Waals surface area contributed by atoms with Gasteiger partial charge >= 0.3 is 0 Å². The molecule has 0 aromatic carbocycles. The van der Waals surface area contributed by atoms with Crippen molar-refractivity contribution in [1.82, 2.24) is 9.03 Å². The van der Waals surface area contributed by atoms with Gasteiger partial charge < -0.3 is 0 Å². The molecule has 0 amide bonds. The third-order valence-corrected chi connectivity index (χ3v) is 4.70. The van der Waals surface area contributed by atoms with E-state index in [0.717, 1.165) is 12.8 Å². The van der Waals surface area contributed by atoms with Crippen LogP contribution in [0.4, 0.5) is 0 Å². The van der Waals surface area contributed by atoms with Crippen LogP contribution in [0.1, 0.15) is 19.8 Å². The summed E-state index contributed by atoms with van der Waals surface area (Å²) in [6.45, 7) is 3.15. The molecule has 1 saturated heterocycles. The molecule has 78 valence electrons. The third kappa shape index (κ3) is 3.19. The van der Waals surface area contributed by atoms with E-state index < -0.39 is 10.2 Å². The molecule has 1 unspecified atom stereocenters. The van der Waals surface area contributed by atoms with Gasteiger partial charge in [0.15, 0.2) is 0 Å². The number of hydrogen-bond donors (Lipinski definition) is 1. The van der Waals surface area contributed by atoms with E-state index in [1.807, 2.05) is 6.92 Å². The molecule has 0 spiro atoms. The van der Waals surface area contributed by atoms with Crippen LogP contribution in [0.3, 0.4) is 0 Å². The maximum atomic E-state index is 11.6. The van der Waals surface area contributed by atoms with Gasteiger partial charge in [-0.25, -0.2) is 0 Å². The van der Waals surface area contributed by atoms with Gasteiger partial charge in [0.05, 0.1) is 0 Å². The Morgan fingerprint density at radius 3 is 2.46 bits per heavy atom. The molecule has 0 aromatic heterocycles. The molecular formula is C7H15BrN2O2S. The first-order chi connectivity index (χ1) is 6.06. The van der Waals surface area contributed by atoms with Crippen LogP contribution in [-0.2, 0) is 10.2 Å². The molecule has 1 aliphatic heterocycles. The summed E-state index contributed by atoms with van der Waals surface area (Å²) in [5.74, 6) is 0. The minimum atomic E-state index is -3.22. The van der Waals surface area contributed by atoms with Crippen LogP contribution in [0.15, 0.2) is 0 Å². The van der Waals surface area contributed by atoms with E-state index in [-0.39, 0.29) is 6.04 Å². The minimum Gasteiger partial charge on any atom is -0.198 e. The Bertz CT molecular complexity index is 249. The Hall–Kier alpha value is 0.350. The fourth-order valence-electron chi connectivity index (χ4n) is 1.29. The van der Waals surface area contributed by atoms with E-state index in [1.165, 1.54) is 4.31 Å². The second kappa shape index (κ2) is 4.72. The van der Waals surface area contributed by atoms with Crippen molar-refractivity contribution in [2.75, 3.05) is 18.4 Å².